The highest BCUT2D eigenvalue weighted by Crippen LogP contribution is 2.36. The summed E-state index contributed by atoms with van der Waals surface area (Å²) >= 11 is 5.90. The number of imidazole rings is 1. The number of H-pyrrole nitrogens is 1. The van der Waals surface area contributed by atoms with Crippen molar-refractivity contribution in [3.8, 4) is 0 Å². The summed E-state index contributed by atoms with van der Waals surface area (Å²) in [6, 6.07) is 3.57. The lowest BCUT2D eigenvalue weighted by molar-refractivity contribution is 0.112. The van der Waals surface area contributed by atoms with Crippen LogP contribution < -0.4 is 5.69 Å². The number of halogens is 1. The van der Waals surface area contributed by atoms with E-state index >= 15 is 0 Å². The van der Waals surface area contributed by atoms with Crippen LogP contribution in [0.4, 0.5) is 0 Å². The first-order valence-electron chi connectivity index (χ1n) is 5.09. The van der Waals surface area contributed by atoms with Crippen molar-refractivity contribution in [2.45, 2.75) is 18.9 Å². The fraction of sp³-hybridized carbons (Fsp3) is 0.273. The maximum Gasteiger partial charge on any atom is 0.326 e. The van der Waals surface area contributed by atoms with Gasteiger partial charge in [-0.2, -0.15) is 0 Å². The highest BCUT2D eigenvalue weighted by Gasteiger charge is 2.27. The first kappa shape index (κ1) is 9.66. The van der Waals surface area contributed by atoms with Crippen molar-refractivity contribution >= 4 is 28.9 Å². The average Bonchev–Trinajstić information content (AvgIpc) is 3.01. The summed E-state index contributed by atoms with van der Waals surface area (Å²) < 4.78 is 1.71. The molecule has 0 saturated heterocycles. The number of rotatable bonds is 2. The van der Waals surface area contributed by atoms with Crippen molar-refractivity contribution in [3.63, 3.8) is 0 Å². The smallest absolute Gasteiger partial charge is 0.305 e. The molecule has 1 saturated carbocycles. The molecule has 82 valence electrons. The second-order valence-corrected chi connectivity index (χ2v) is 4.45. The number of benzene rings is 1. The summed E-state index contributed by atoms with van der Waals surface area (Å²) in [5.74, 6) is 0. The largest absolute Gasteiger partial charge is 0.326 e. The van der Waals surface area contributed by atoms with Crippen molar-refractivity contribution in [1.29, 1.82) is 0 Å². The van der Waals surface area contributed by atoms with Crippen molar-refractivity contribution in [2.75, 3.05) is 0 Å². The van der Waals surface area contributed by atoms with Crippen LogP contribution in [0.2, 0.25) is 5.02 Å². The average molecular weight is 237 g/mol. The van der Waals surface area contributed by atoms with Crippen LogP contribution in [0.3, 0.4) is 0 Å². The van der Waals surface area contributed by atoms with Crippen molar-refractivity contribution in [3.05, 3.63) is 33.2 Å². The van der Waals surface area contributed by atoms with Crippen LogP contribution in [0.15, 0.2) is 16.9 Å². The SMILES string of the molecule is O=Cc1cc2c(cc1Cl)[nH]c(=O)n2C1CC1. The van der Waals surface area contributed by atoms with Gasteiger partial charge in [0, 0.05) is 11.6 Å². The number of fused-ring (bicyclic) bond motifs is 1. The monoisotopic (exact) mass is 236 g/mol. The molecule has 0 bridgehead atoms. The van der Waals surface area contributed by atoms with Gasteiger partial charge in [0.1, 0.15) is 0 Å². The zero-order valence-electron chi connectivity index (χ0n) is 8.37. The number of aromatic amines is 1. The summed E-state index contributed by atoms with van der Waals surface area (Å²) in [4.78, 5) is 25.2. The summed E-state index contributed by atoms with van der Waals surface area (Å²) in [6.45, 7) is 0. The maximum atomic E-state index is 11.7. The van der Waals surface area contributed by atoms with Crippen LogP contribution in [0, 0.1) is 0 Å². The molecule has 0 spiro atoms. The van der Waals surface area contributed by atoms with E-state index < -0.39 is 0 Å². The van der Waals surface area contributed by atoms with Crippen molar-refractivity contribution < 1.29 is 4.79 Å². The molecular formula is C11H9ClN2O2. The number of aromatic nitrogens is 2. The molecule has 3 rings (SSSR count). The van der Waals surface area contributed by atoms with E-state index in [4.69, 9.17) is 11.6 Å². The summed E-state index contributed by atoms with van der Waals surface area (Å²) in [6.07, 6.45) is 2.74. The second kappa shape index (κ2) is 3.22. The molecule has 1 fully saturated rings. The number of nitrogens with one attached hydrogen (secondary N) is 1. The molecule has 0 unspecified atom stereocenters. The van der Waals surface area contributed by atoms with E-state index in [0.29, 0.717) is 22.4 Å². The van der Waals surface area contributed by atoms with Gasteiger partial charge in [0.25, 0.3) is 0 Å². The predicted molar refractivity (Wildman–Crippen MR) is 61.2 cm³/mol. The van der Waals surface area contributed by atoms with Crippen LogP contribution in [-0.4, -0.2) is 15.8 Å². The fourth-order valence-corrected chi connectivity index (χ4v) is 2.16. The third-order valence-corrected chi connectivity index (χ3v) is 3.20. The molecule has 2 aromatic rings. The van der Waals surface area contributed by atoms with Crippen LogP contribution in [0.5, 0.6) is 0 Å². The minimum atomic E-state index is -0.128. The molecule has 1 aromatic carbocycles. The lowest BCUT2D eigenvalue weighted by atomic mass is 10.2. The van der Waals surface area contributed by atoms with Crippen LogP contribution in [0.25, 0.3) is 11.0 Å². The minimum Gasteiger partial charge on any atom is -0.305 e. The van der Waals surface area contributed by atoms with E-state index in [-0.39, 0.29) is 11.7 Å². The van der Waals surface area contributed by atoms with Gasteiger partial charge in [-0.05, 0) is 25.0 Å². The zero-order chi connectivity index (χ0) is 11.3. The molecule has 0 radical (unpaired) electrons. The number of nitrogens with zero attached hydrogens (tertiary/aromatic N) is 1. The van der Waals surface area contributed by atoms with Crippen LogP contribution in [-0.2, 0) is 0 Å². The molecule has 1 aromatic heterocycles. The first-order chi connectivity index (χ1) is 7.70. The minimum absolute atomic E-state index is 0.128. The van der Waals surface area contributed by atoms with E-state index in [1.807, 2.05) is 0 Å². The Labute approximate surface area is 95.8 Å². The van der Waals surface area contributed by atoms with Crippen molar-refractivity contribution in [2.24, 2.45) is 0 Å². The Morgan fingerprint density at radius 1 is 1.44 bits per heavy atom. The van der Waals surface area contributed by atoms with E-state index in [1.54, 1.807) is 16.7 Å². The highest BCUT2D eigenvalue weighted by molar-refractivity contribution is 6.33. The number of aldehydes is 1. The van der Waals surface area contributed by atoms with Crippen molar-refractivity contribution in [1.82, 2.24) is 9.55 Å². The van der Waals surface area contributed by atoms with Gasteiger partial charge in [-0.25, -0.2) is 4.79 Å². The molecule has 1 aliphatic carbocycles. The Morgan fingerprint density at radius 2 is 2.19 bits per heavy atom. The summed E-state index contributed by atoms with van der Waals surface area (Å²) in [5.41, 5.74) is 1.74. The van der Waals surface area contributed by atoms with Gasteiger partial charge in [0.05, 0.1) is 16.1 Å². The Balaban J connectivity index is 2.37. The number of carbonyl (C=O) groups is 1. The third kappa shape index (κ3) is 1.30. The normalized spacial score (nSPS) is 15.6. The van der Waals surface area contributed by atoms with E-state index in [9.17, 15) is 9.59 Å². The molecule has 16 heavy (non-hydrogen) atoms. The molecule has 0 amide bonds. The third-order valence-electron chi connectivity index (χ3n) is 2.87. The number of hydrogen-bond acceptors (Lipinski definition) is 2. The van der Waals surface area contributed by atoms with E-state index in [2.05, 4.69) is 4.98 Å². The number of hydrogen-bond donors (Lipinski definition) is 1. The molecule has 0 aliphatic heterocycles. The lowest BCUT2D eigenvalue weighted by Crippen LogP contribution is -2.14. The second-order valence-electron chi connectivity index (χ2n) is 4.04. The Morgan fingerprint density at radius 3 is 2.81 bits per heavy atom. The van der Waals surface area contributed by atoms with E-state index in [0.717, 1.165) is 18.4 Å². The predicted octanol–water partition coefficient (Wildman–Crippen LogP) is 2.13. The van der Waals surface area contributed by atoms with Gasteiger partial charge >= 0.3 is 5.69 Å². The Kier molecular flexibility index (Phi) is 1.94. The zero-order valence-corrected chi connectivity index (χ0v) is 9.12. The fourth-order valence-electron chi connectivity index (χ4n) is 1.95. The molecular weight excluding hydrogens is 228 g/mol. The van der Waals surface area contributed by atoms with Gasteiger partial charge in [0.15, 0.2) is 6.29 Å². The Hall–Kier alpha value is -1.55. The van der Waals surface area contributed by atoms with Gasteiger partial charge in [-0.3, -0.25) is 9.36 Å². The molecule has 0 atom stereocenters. The van der Waals surface area contributed by atoms with Crippen LogP contribution >= 0.6 is 11.6 Å². The maximum absolute atomic E-state index is 11.7. The van der Waals surface area contributed by atoms with Gasteiger partial charge in [-0.1, -0.05) is 11.6 Å². The highest BCUT2D eigenvalue weighted by atomic mass is 35.5. The molecule has 1 heterocycles. The van der Waals surface area contributed by atoms with E-state index in [1.165, 1.54) is 0 Å². The van der Waals surface area contributed by atoms with Crippen LogP contribution in [0.1, 0.15) is 29.2 Å². The summed E-state index contributed by atoms with van der Waals surface area (Å²) in [5, 5.41) is 0.367. The quantitative estimate of drug-likeness (QED) is 0.812. The standard InChI is InChI=1S/C11H9ClN2O2/c12-8-4-9-10(3-6(8)5-15)14(7-1-2-7)11(16)13-9/h3-5,7H,1-2H2,(H,13,16). The van der Waals surface area contributed by atoms with Gasteiger partial charge < -0.3 is 4.98 Å². The molecule has 1 aliphatic rings. The summed E-state index contributed by atoms with van der Waals surface area (Å²) in [7, 11) is 0. The topological polar surface area (TPSA) is 54.9 Å². The first-order valence-corrected chi connectivity index (χ1v) is 5.47. The molecule has 5 heteroatoms. The van der Waals surface area contributed by atoms with Gasteiger partial charge in [-0.15, -0.1) is 0 Å². The Bertz CT molecular complexity index is 637. The molecule has 4 nitrogen and oxygen atoms in total. The lowest BCUT2D eigenvalue weighted by Gasteiger charge is -2.01. The number of carbonyl (C=O) groups excluding carboxylic acids is 1. The molecule has 1 N–H and O–H groups in total. The van der Waals surface area contributed by atoms with Gasteiger partial charge in [0.2, 0.25) is 0 Å².